The minimum Gasteiger partial charge on any atom is -0.588 e. The molecular formula is C32H34N4O4S. The molecule has 0 radical (unpaired) electrons. The first-order valence-corrected chi connectivity index (χ1v) is 14.3. The molecule has 0 spiro atoms. The molecule has 0 aliphatic rings. The van der Waals surface area contributed by atoms with Crippen LogP contribution in [-0.4, -0.2) is 55.6 Å². The number of nitrogens with zero attached hydrogens (tertiary/aromatic N) is 1. The van der Waals surface area contributed by atoms with Gasteiger partial charge in [0.15, 0.2) is 5.75 Å². The van der Waals surface area contributed by atoms with Gasteiger partial charge in [-0.1, -0.05) is 42.5 Å². The zero-order valence-electron chi connectivity index (χ0n) is 23.6. The van der Waals surface area contributed by atoms with Crippen LogP contribution in [0.25, 0.3) is 11.1 Å². The van der Waals surface area contributed by atoms with Crippen LogP contribution >= 0.6 is 0 Å². The zero-order chi connectivity index (χ0) is 29.4. The summed E-state index contributed by atoms with van der Waals surface area (Å²) in [5, 5.41) is 6.21. The third-order valence-corrected chi connectivity index (χ3v) is 7.55. The van der Waals surface area contributed by atoms with Crippen molar-refractivity contribution in [2.24, 2.45) is 0 Å². The van der Waals surface area contributed by atoms with Gasteiger partial charge in [-0.2, -0.15) is 0 Å². The fourth-order valence-corrected chi connectivity index (χ4v) is 5.27. The quantitative estimate of drug-likeness (QED) is 0.166. The Kier molecular flexibility index (Phi) is 9.89. The van der Waals surface area contributed by atoms with Gasteiger partial charge in [0.1, 0.15) is 11.4 Å². The van der Waals surface area contributed by atoms with Gasteiger partial charge in [-0.15, -0.1) is 0 Å². The second kappa shape index (κ2) is 13.7. The Bertz CT molecular complexity index is 1530. The summed E-state index contributed by atoms with van der Waals surface area (Å²) in [5.41, 5.74) is 5.29. The first-order chi connectivity index (χ1) is 19.8. The lowest BCUT2D eigenvalue weighted by molar-refractivity contribution is 0.0827. The second-order valence-corrected chi connectivity index (χ2v) is 10.8. The van der Waals surface area contributed by atoms with Gasteiger partial charge in [-0.25, -0.2) is 4.72 Å². The molecule has 0 saturated carbocycles. The number of carbonyl (C=O) groups excluding carboxylic acids is 2. The Morgan fingerprint density at radius 3 is 2.34 bits per heavy atom. The summed E-state index contributed by atoms with van der Waals surface area (Å²) in [6.07, 6.45) is 0. The fraction of sp³-hybridized carbons (Fsp3) is 0.188. The monoisotopic (exact) mass is 570 g/mol. The largest absolute Gasteiger partial charge is 0.588 e. The molecule has 0 heterocycles. The molecule has 0 aliphatic carbocycles. The standard InChI is InChI=1S/C32H34N4O4S/c1-22-9-5-6-14-28(22)31(37)34-18-17-33-26-12-8-13-27(21-26)35-41(39)30-20-24(15-16-29(30)40-4)23-10-7-11-25(19-23)32(38)36(2)3/h5-16,19-21,33,35H,17-18H2,1-4H3,(H,34,37). The molecule has 3 N–H and O–H groups in total. The van der Waals surface area contributed by atoms with Gasteiger partial charge < -0.3 is 24.8 Å². The van der Waals surface area contributed by atoms with Gasteiger partial charge in [-0.05, 0) is 66.1 Å². The van der Waals surface area contributed by atoms with Gasteiger partial charge in [-0.3, -0.25) is 9.59 Å². The molecule has 41 heavy (non-hydrogen) atoms. The number of hydrogen-bond acceptors (Lipinski definition) is 6. The van der Waals surface area contributed by atoms with Crippen LogP contribution in [0.5, 0.6) is 5.75 Å². The summed E-state index contributed by atoms with van der Waals surface area (Å²) in [6.45, 7) is 2.88. The highest BCUT2D eigenvalue weighted by Gasteiger charge is 2.20. The smallest absolute Gasteiger partial charge is 0.253 e. The highest BCUT2D eigenvalue weighted by molar-refractivity contribution is 7.92. The van der Waals surface area contributed by atoms with Crippen molar-refractivity contribution in [3.8, 4) is 16.9 Å². The van der Waals surface area contributed by atoms with Gasteiger partial charge in [0, 0.05) is 50.1 Å². The van der Waals surface area contributed by atoms with Gasteiger partial charge in [0.05, 0.1) is 12.8 Å². The van der Waals surface area contributed by atoms with E-state index < -0.39 is 11.4 Å². The number of nitrogens with one attached hydrogen (secondary N) is 3. The van der Waals surface area contributed by atoms with E-state index in [1.165, 1.54) is 12.0 Å². The number of anilines is 2. The van der Waals surface area contributed by atoms with Crippen LogP contribution < -0.4 is 20.1 Å². The van der Waals surface area contributed by atoms with E-state index >= 15 is 0 Å². The van der Waals surface area contributed by atoms with Gasteiger partial charge >= 0.3 is 0 Å². The van der Waals surface area contributed by atoms with Gasteiger partial charge in [0.2, 0.25) is 4.90 Å². The fourth-order valence-electron chi connectivity index (χ4n) is 4.25. The van der Waals surface area contributed by atoms with E-state index in [-0.39, 0.29) is 11.8 Å². The number of amides is 2. The molecule has 2 amide bonds. The highest BCUT2D eigenvalue weighted by Crippen LogP contribution is 2.32. The molecule has 0 fully saturated rings. The molecule has 1 unspecified atom stereocenters. The van der Waals surface area contributed by atoms with E-state index in [0.29, 0.717) is 40.5 Å². The number of carbonyl (C=O) groups is 2. The summed E-state index contributed by atoms with van der Waals surface area (Å²) in [4.78, 5) is 26.9. The number of rotatable bonds is 11. The Hall–Kier alpha value is -4.47. The first-order valence-electron chi connectivity index (χ1n) is 13.1. The van der Waals surface area contributed by atoms with E-state index in [9.17, 15) is 14.1 Å². The van der Waals surface area contributed by atoms with Crippen LogP contribution in [0.4, 0.5) is 11.4 Å². The molecule has 0 saturated heterocycles. The number of aryl methyl sites for hydroxylation is 1. The molecular weight excluding hydrogens is 536 g/mol. The molecule has 0 aliphatic heterocycles. The SMILES string of the molecule is COc1ccc(-c2cccc(C(=O)N(C)C)c2)cc1[S+]([O-])Nc1cccc(NCCNC(=O)c2ccccc2C)c1. The van der Waals surface area contributed by atoms with Crippen LogP contribution in [0.3, 0.4) is 0 Å². The molecule has 0 bridgehead atoms. The third-order valence-electron chi connectivity index (χ3n) is 6.41. The van der Waals surface area contributed by atoms with E-state index in [2.05, 4.69) is 15.4 Å². The van der Waals surface area contributed by atoms with Crippen LogP contribution in [-0.2, 0) is 11.4 Å². The normalized spacial score (nSPS) is 11.3. The maximum absolute atomic E-state index is 13.4. The molecule has 212 valence electrons. The lowest BCUT2D eigenvalue weighted by atomic mass is 10.0. The molecule has 1 atom stereocenters. The van der Waals surface area contributed by atoms with Crippen molar-refractivity contribution in [3.05, 3.63) is 108 Å². The maximum atomic E-state index is 13.4. The van der Waals surface area contributed by atoms with E-state index in [1.54, 1.807) is 38.4 Å². The van der Waals surface area contributed by atoms with Crippen molar-refractivity contribution in [1.29, 1.82) is 0 Å². The van der Waals surface area contributed by atoms with Crippen molar-refractivity contribution in [2.45, 2.75) is 11.8 Å². The zero-order valence-corrected chi connectivity index (χ0v) is 24.4. The van der Waals surface area contributed by atoms with Gasteiger partial charge in [0.25, 0.3) is 11.8 Å². The molecule has 8 nitrogen and oxygen atoms in total. The van der Waals surface area contributed by atoms with Crippen molar-refractivity contribution in [2.75, 3.05) is 44.3 Å². The van der Waals surface area contributed by atoms with E-state index in [0.717, 1.165) is 22.4 Å². The lowest BCUT2D eigenvalue weighted by Crippen LogP contribution is -2.29. The van der Waals surface area contributed by atoms with Crippen LogP contribution in [0.1, 0.15) is 26.3 Å². The second-order valence-electron chi connectivity index (χ2n) is 9.60. The molecule has 4 rings (SSSR count). The summed E-state index contributed by atoms with van der Waals surface area (Å²) in [5.74, 6) is 0.287. The Labute approximate surface area is 244 Å². The Balaban J connectivity index is 1.41. The molecule has 4 aromatic carbocycles. The first kappa shape index (κ1) is 29.5. The Morgan fingerprint density at radius 1 is 0.854 bits per heavy atom. The number of ether oxygens (including phenoxy) is 1. The minimum atomic E-state index is -1.63. The summed E-state index contributed by atoms with van der Waals surface area (Å²) >= 11 is -1.63. The minimum absolute atomic E-state index is 0.0898. The Morgan fingerprint density at radius 2 is 1.59 bits per heavy atom. The summed E-state index contributed by atoms with van der Waals surface area (Å²) < 4.78 is 22.0. The average molecular weight is 571 g/mol. The molecule has 4 aromatic rings. The third kappa shape index (κ3) is 7.59. The number of methoxy groups -OCH3 is 1. The number of hydrogen-bond donors (Lipinski definition) is 3. The van der Waals surface area contributed by atoms with Crippen molar-refractivity contribution >= 4 is 34.6 Å². The van der Waals surface area contributed by atoms with Crippen molar-refractivity contribution in [1.82, 2.24) is 10.2 Å². The van der Waals surface area contributed by atoms with Crippen LogP contribution in [0.2, 0.25) is 0 Å². The molecule has 0 aromatic heterocycles. The van der Waals surface area contributed by atoms with Crippen molar-refractivity contribution in [3.63, 3.8) is 0 Å². The predicted octanol–water partition coefficient (Wildman–Crippen LogP) is 5.35. The molecule has 9 heteroatoms. The predicted molar refractivity (Wildman–Crippen MR) is 165 cm³/mol. The highest BCUT2D eigenvalue weighted by atomic mass is 32.2. The van der Waals surface area contributed by atoms with E-state index in [4.69, 9.17) is 4.74 Å². The summed E-state index contributed by atoms with van der Waals surface area (Å²) in [7, 11) is 4.96. The maximum Gasteiger partial charge on any atom is 0.253 e. The average Bonchev–Trinajstić information content (AvgIpc) is 2.99. The van der Waals surface area contributed by atoms with Crippen LogP contribution in [0, 0.1) is 6.92 Å². The van der Waals surface area contributed by atoms with E-state index in [1.807, 2.05) is 73.7 Å². The van der Waals surface area contributed by atoms with Crippen molar-refractivity contribution < 1.29 is 18.9 Å². The topological polar surface area (TPSA) is 106 Å². The summed E-state index contributed by atoms with van der Waals surface area (Å²) in [6, 6.07) is 27.7. The lowest BCUT2D eigenvalue weighted by Gasteiger charge is -2.16. The number of benzene rings is 4. The van der Waals surface area contributed by atoms with Crippen LogP contribution in [0.15, 0.2) is 95.9 Å².